The number of hydrogen-bond donors (Lipinski definition) is 0. The van der Waals surface area contributed by atoms with E-state index >= 15 is 0 Å². The van der Waals surface area contributed by atoms with Crippen molar-refractivity contribution in [3.05, 3.63) is 12.7 Å². The molecule has 0 bridgehead atoms. The summed E-state index contributed by atoms with van der Waals surface area (Å²) in [7, 11) is 1.34. The Morgan fingerprint density at radius 1 is 1.33 bits per heavy atom. The largest absolute Gasteiger partial charge is 0.467 e. The van der Waals surface area contributed by atoms with E-state index < -0.39 is 28.6 Å². The smallest absolute Gasteiger partial charge is 0.411 e. The summed E-state index contributed by atoms with van der Waals surface area (Å²) in [6, 6.07) is 0. The Hall–Kier alpha value is -1.52. The summed E-state index contributed by atoms with van der Waals surface area (Å²) in [4.78, 5) is 26.4. The minimum absolute atomic E-state index is 0.418. The monoisotopic (exact) mass is 297 g/mol. The van der Waals surface area contributed by atoms with Gasteiger partial charge in [-0.25, -0.2) is 9.59 Å². The standard InChI is InChI=1S/C16H27NO4/c1-8-9-15(5)10-11-17(13(19)21-14(2,3)4)16(15,6)12(18)20-7/h8H,1,9-11H2,2-7H3/t15-,16?/m1/s1. The van der Waals surface area contributed by atoms with Gasteiger partial charge in [0.1, 0.15) is 11.1 Å². The lowest BCUT2D eigenvalue weighted by Gasteiger charge is -2.42. The van der Waals surface area contributed by atoms with Gasteiger partial charge in [-0.15, -0.1) is 6.58 Å². The molecule has 1 saturated heterocycles. The second-order valence-electron chi connectivity index (χ2n) is 7.00. The van der Waals surface area contributed by atoms with Gasteiger partial charge in [-0.05, 0) is 40.5 Å². The Morgan fingerprint density at radius 3 is 2.33 bits per heavy atom. The molecule has 1 heterocycles. The molecule has 0 aliphatic carbocycles. The molecule has 1 aliphatic rings. The molecule has 0 radical (unpaired) electrons. The van der Waals surface area contributed by atoms with Gasteiger partial charge in [-0.2, -0.15) is 0 Å². The number of carbonyl (C=O) groups excluding carboxylic acids is 2. The number of nitrogens with zero attached hydrogens (tertiary/aromatic N) is 1. The Bertz CT molecular complexity index is 440. The number of carbonyl (C=O) groups is 2. The molecule has 1 amide bonds. The van der Waals surface area contributed by atoms with Crippen LogP contribution in [-0.4, -0.2) is 41.8 Å². The highest BCUT2D eigenvalue weighted by molar-refractivity contribution is 5.87. The van der Waals surface area contributed by atoms with Crippen molar-refractivity contribution >= 4 is 12.1 Å². The Balaban J connectivity index is 3.18. The number of esters is 1. The fraction of sp³-hybridized carbons (Fsp3) is 0.750. The Morgan fingerprint density at radius 2 is 1.90 bits per heavy atom. The van der Waals surface area contributed by atoms with Gasteiger partial charge in [0.05, 0.1) is 7.11 Å². The third kappa shape index (κ3) is 3.06. The van der Waals surface area contributed by atoms with Crippen molar-refractivity contribution in [2.45, 2.75) is 58.6 Å². The molecule has 0 aromatic rings. The second kappa shape index (κ2) is 5.70. The van der Waals surface area contributed by atoms with Gasteiger partial charge >= 0.3 is 12.1 Å². The van der Waals surface area contributed by atoms with Crippen LogP contribution < -0.4 is 0 Å². The molecule has 1 aliphatic heterocycles. The summed E-state index contributed by atoms with van der Waals surface area (Å²) in [6.45, 7) is 13.4. The third-order valence-corrected chi connectivity index (χ3v) is 4.39. The van der Waals surface area contributed by atoms with Crippen molar-refractivity contribution in [3.8, 4) is 0 Å². The van der Waals surface area contributed by atoms with Crippen LogP contribution in [0.1, 0.15) is 47.5 Å². The van der Waals surface area contributed by atoms with Gasteiger partial charge in [0.15, 0.2) is 0 Å². The molecule has 0 spiro atoms. The topological polar surface area (TPSA) is 55.8 Å². The molecule has 0 aromatic heterocycles. The maximum atomic E-state index is 12.5. The predicted octanol–water partition coefficient (Wildman–Crippen LogP) is 3.14. The fourth-order valence-corrected chi connectivity index (χ4v) is 2.92. The zero-order valence-electron chi connectivity index (χ0n) is 14.0. The van der Waals surface area contributed by atoms with Crippen LogP contribution >= 0.6 is 0 Å². The molecule has 120 valence electrons. The van der Waals surface area contributed by atoms with E-state index in [2.05, 4.69) is 6.58 Å². The SMILES string of the molecule is C=CC[C@]1(C)CCN(C(=O)OC(C)(C)C)C1(C)C(=O)OC. The lowest BCUT2D eigenvalue weighted by Crippen LogP contribution is -2.59. The highest BCUT2D eigenvalue weighted by atomic mass is 16.6. The lowest BCUT2D eigenvalue weighted by atomic mass is 9.70. The van der Waals surface area contributed by atoms with Crippen molar-refractivity contribution in [2.75, 3.05) is 13.7 Å². The maximum absolute atomic E-state index is 12.5. The number of ether oxygens (including phenoxy) is 2. The van der Waals surface area contributed by atoms with Crippen molar-refractivity contribution in [1.29, 1.82) is 0 Å². The lowest BCUT2D eigenvalue weighted by molar-refractivity contribution is -0.157. The van der Waals surface area contributed by atoms with Gasteiger partial charge in [-0.3, -0.25) is 4.90 Å². The van der Waals surface area contributed by atoms with Crippen LogP contribution in [0.4, 0.5) is 4.79 Å². The first-order chi connectivity index (χ1) is 9.52. The first kappa shape index (κ1) is 17.5. The summed E-state index contributed by atoms with van der Waals surface area (Å²) < 4.78 is 10.4. The van der Waals surface area contributed by atoms with Crippen molar-refractivity contribution in [3.63, 3.8) is 0 Å². The molecule has 0 saturated carbocycles. The molecular weight excluding hydrogens is 270 g/mol. The van der Waals surface area contributed by atoms with Gasteiger partial charge in [0.25, 0.3) is 0 Å². The summed E-state index contributed by atoms with van der Waals surface area (Å²) in [5.74, 6) is -0.421. The number of amides is 1. The van der Waals surface area contributed by atoms with E-state index in [4.69, 9.17) is 9.47 Å². The molecule has 1 fully saturated rings. The highest BCUT2D eigenvalue weighted by Crippen LogP contribution is 2.49. The van der Waals surface area contributed by atoms with Gasteiger partial charge in [0, 0.05) is 12.0 Å². The molecular formula is C16H27NO4. The summed E-state index contributed by atoms with van der Waals surface area (Å²) in [5.41, 5.74) is -2.08. The van der Waals surface area contributed by atoms with Crippen molar-refractivity contribution < 1.29 is 19.1 Å². The molecule has 5 heteroatoms. The summed E-state index contributed by atoms with van der Waals surface area (Å²) >= 11 is 0. The van der Waals surface area contributed by atoms with E-state index in [-0.39, 0.29) is 0 Å². The molecule has 2 atom stereocenters. The number of hydrogen-bond acceptors (Lipinski definition) is 4. The van der Waals surface area contributed by atoms with Gasteiger partial charge in [0.2, 0.25) is 0 Å². The van der Waals surface area contributed by atoms with Crippen LogP contribution in [0, 0.1) is 5.41 Å². The first-order valence-corrected chi connectivity index (χ1v) is 7.22. The summed E-state index contributed by atoms with van der Waals surface area (Å²) in [6.07, 6.45) is 2.62. The van der Waals surface area contributed by atoms with Crippen LogP contribution in [0.5, 0.6) is 0 Å². The minimum Gasteiger partial charge on any atom is -0.467 e. The average Bonchev–Trinajstić information content (AvgIpc) is 2.60. The van der Waals surface area contributed by atoms with E-state index in [0.717, 1.165) is 0 Å². The van der Waals surface area contributed by atoms with E-state index in [1.807, 2.05) is 6.92 Å². The van der Waals surface area contributed by atoms with E-state index in [9.17, 15) is 9.59 Å². The number of likely N-dealkylation sites (tertiary alicyclic amines) is 1. The normalized spacial score (nSPS) is 29.1. The average molecular weight is 297 g/mol. The van der Waals surface area contributed by atoms with Crippen LogP contribution in [0.3, 0.4) is 0 Å². The van der Waals surface area contributed by atoms with Gasteiger partial charge in [-0.1, -0.05) is 13.0 Å². The Labute approximate surface area is 127 Å². The van der Waals surface area contributed by atoms with E-state index in [1.54, 1.807) is 33.8 Å². The van der Waals surface area contributed by atoms with Crippen LogP contribution in [0.2, 0.25) is 0 Å². The molecule has 21 heavy (non-hydrogen) atoms. The quantitative estimate of drug-likeness (QED) is 0.593. The highest BCUT2D eigenvalue weighted by Gasteiger charge is 2.60. The maximum Gasteiger partial charge on any atom is 0.411 e. The van der Waals surface area contributed by atoms with E-state index in [1.165, 1.54) is 12.0 Å². The molecule has 0 N–H and O–H groups in total. The third-order valence-electron chi connectivity index (χ3n) is 4.39. The first-order valence-electron chi connectivity index (χ1n) is 7.22. The zero-order chi connectivity index (χ0) is 16.5. The molecule has 0 aromatic carbocycles. The van der Waals surface area contributed by atoms with Crippen LogP contribution in [0.25, 0.3) is 0 Å². The fourth-order valence-electron chi connectivity index (χ4n) is 2.92. The van der Waals surface area contributed by atoms with E-state index in [0.29, 0.717) is 19.4 Å². The van der Waals surface area contributed by atoms with Crippen LogP contribution in [0.15, 0.2) is 12.7 Å². The predicted molar refractivity (Wildman–Crippen MR) is 80.9 cm³/mol. The Kier molecular flexibility index (Phi) is 4.76. The number of allylic oxidation sites excluding steroid dienone is 1. The second-order valence-corrected chi connectivity index (χ2v) is 7.00. The molecule has 1 unspecified atom stereocenters. The van der Waals surface area contributed by atoms with Gasteiger partial charge < -0.3 is 9.47 Å². The van der Waals surface area contributed by atoms with Crippen LogP contribution in [-0.2, 0) is 14.3 Å². The van der Waals surface area contributed by atoms with Crippen molar-refractivity contribution in [2.24, 2.45) is 5.41 Å². The molecule has 1 rings (SSSR count). The zero-order valence-corrected chi connectivity index (χ0v) is 14.0. The minimum atomic E-state index is -1.06. The van der Waals surface area contributed by atoms with Crippen molar-refractivity contribution in [1.82, 2.24) is 4.90 Å². The summed E-state index contributed by atoms with van der Waals surface area (Å²) in [5, 5.41) is 0. The number of methoxy groups -OCH3 is 1. The molecule has 5 nitrogen and oxygen atoms in total. The number of rotatable bonds is 3.